The molecule has 22 heavy (non-hydrogen) atoms. The molecule has 2 aromatic rings. The summed E-state index contributed by atoms with van der Waals surface area (Å²) in [5, 5.41) is 0. The highest BCUT2D eigenvalue weighted by Gasteiger charge is 2.26. The highest BCUT2D eigenvalue weighted by molar-refractivity contribution is 14.1. The van der Waals surface area contributed by atoms with Crippen molar-refractivity contribution in [2.45, 2.75) is 18.6 Å². The fraction of sp³-hybridized carbons (Fsp3) is 0.158. The van der Waals surface area contributed by atoms with Crippen LogP contribution in [0.15, 0.2) is 74.8 Å². The zero-order chi connectivity index (χ0) is 15.4. The van der Waals surface area contributed by atoms with Gasteiger partial charge in [0.05, 0.1) is 6.10 Å². The second-order valence-corrected chi connectivity index (χ2v) is 7.30. The minimum absolute atomic E-state index is 0.00543. The molecule has 2 unspecified atom stereocenters. The van der Waals surface area contributed by atoms with Crippen molar-refractivity contribution in [2.75, 3.05) is 0 Å². The van der Waals surface area contributed by atoms with Crippen LogP contribution in [0.1, 0.15) is 23.7 Å². The Balaban J connectivity index is 1.81. The third-order valence-corrected chi connectivity index (χ3v) is 6.38. The van der Waals surface area contributed by atoms with Crippen molar-refractivity contribution in [1.29, 1.82) is 0 Å². The predicted octanol–water partition coefficient (Wildman–Crippen LogP) is 6.27. The van der Waals surface area contributed by atoms with Crippen molar-refractivity contribution < 1.29 is 4.74 Å². The van der Waals surface area contributed by atoms with Crippen LogP contribution >= 0.6 is 38.5 Å². The molecule has 1 aliphatic rings. The molecule has 0 fully saturated rings. The first-order valence-corrected chi connectivity index (χ1v) is 9.09. The van der Waals surface area contributed by atoms with Gasteiger partial charge in [0, 0.05) is 14.5 Å². The Morgan fingerprint density at radius 1 is 1.00 bits per heavy atom. The normalized spacial score (nSPS) is 22.3. The molecule has 1 aliphatic heterocycles. The Morgan fingerprint density at radius 2 is 1.64 bits per heavy atom. The Bertz CT molecular complexity index is 679. The molecule has 0 amide bonds. The van der Waals surface area contributed by atoms with E-state index >= 15 is 0 Å². The van der Waals surface area contributed by atoms with E-state index in [2.05, 4.69) is 87.1 Å². The van der Waals surface area contributed by atoms with Gasteiger partial charge in [0.1, 0.15) is 6.10 Å². The van der Waals surface area contributed by atoms with Gasteiger partial charge in [-0.1, -0.05) is 88.7 Å². The lowest BCUT2D eigenvalue weighted by Crippen LogP contribution is -2.20. The van der Waals surface area contributed by atoms with Crippen LogP contribution in [0.4, 0.5) is 0 Å². The number of hydrogen-bond donors (Lipinski definition) is 0. The number of hydrogen-bond acceptors (Lipinski definition) is 1. The summed E-state index contributed by atoms with van der Waals surface area (Å²) in [6, 6.07) is 20.7. The van der Waals surface area contributed by atoms with Crippen molar-refractivity contribution in [1.82, 2.24) is 0 Å². The van der Waals surface area contributed by atoms with Crippen LogP contribution < -0.4 is 0 Å². The van der Waals surface area contributed by atoms with Gasteiger partial charge in [-0.25, -0.2) is 0 Å². The molecule has 1 nitrogen and oxygen atoms in total. The maximum absolute atomic E-state index is 6.29. The quantitative estimate of drug-likeness (QED) is 0.484. The van der Waals surface area contributed by atoms with Gasteiger partial charge in [-0.2, -0.15) is 0 Å². The van der Waals surface area contributed by atoms with Crippen molar-refractivity contribution in [3.63, 3.8) is 0 Å². The van der Waals surface area contributed by atoms with E-state index in [1.165, 1.54) is 19.2 Å². The number of benzene rings is 2. The third-order valence-electron chi connectivity index (χ3n) is 3.62. The molecule has 0 aromatic heterocycles. The van der Waals surface area contributed by atoms with E-state index in [1.54, 1.807) is 0 Å². The predicted molar refractivity (Wildman–Crippen MR) is 104 cm³/mol. The molecular weight excluding hydrogens is 451 g/mol. The molecular formula is C19H16BrIO. The van der Waals surface area contributed by atoms with E-state index in [4.69, 9.17) is 4.74 Å². The summed E-state index contributed by atoms with van der Waals surface area (Å²) in [4.78, 5) is 0. The first-order valence-electron chi connectivity index (χ1n) is 7.22. The number of rotatable bonds is 3. The molecule has 3 rings (SSSR count). The Kier molecular flexibility index (Phi) is 5.50. The molecule has 0 saturated carbocycles. The number of ether oxygens (including phenoxy) is 1. The van der Waals surface area contributed by atoms with Crippen LogP contribution in [0.3, 0.4) is 0 Å². The minimum atomic E-state index is -0.00543. The fourth-order valence-corrected chi connectivity index (χ4v) is 3.55. The SMILES string of the molecule is BrC1=C(I)C(/C=C/c2ccccc2)OC(c2ccccc2)C1. The van der Waals surface area contributed by atoms with Crippen LogP contribution in [-0.4, -0.2) is 6.10 Å². The first kappa shape index (κ1) is 16.0. The summed E-state index contributed by atoms with van der Waals surface area (Å²) < 4.78 is 8.75. The van der Waals surface area contributed by atoms with Gasteiger partial charge in [-0.3, -0.25) is 0 Å². The summed E-state index contributed by atoms with van der Waals surface area (Å²) >= 11 is 6.09. The monoisotopic (exact) mass is 466 g/mol. The van der Waals surface area contributed by atoms with Gasteiger partial charge in [-0.05, 0) is 33.7 Å². The molecule has 3 heteroatoms. The van der Waals surface area contributed by atoms with Crippen molar-refractivity contribution >= 4 is 44.6 Å². The molecule has 112 valence electrons. The molecule has 2 atom stereocenters. The van der Waals surface area contributed by atoms with Crippen molar-refractivity contribution in [3.05, 3.63) is 85.9 Å². The Labute approximate surface area is 153 Å². The zero-order valence-corrected chi connectivity index (χ0v) is 15.7. The van der Waals surface area contributed by atoms with Crippen LogP contribution in [0, 0.1) is 0 Å². The van der Waals surface area contributed by atoms with Gasteiger partial charge >= 0.3 is 0 Å². The minimum Gasteiger partial charge on any atom is -0.361 e. The second-order valence-electron chi connectivity index (χ2n) is 5.18. The van der Waals surface area contributed by atoms with Crippen molar-refractivity contribution in [2.24, 2.45) is 0 Å². The van der Waals surface area contributed by atoms with E-state index in [-0.39, 0.29) is 12.2 Å². The van der Waals surface area contributed by atoms with Gasteiger partial charge < -0.3 is 4.74 Å². The lowest BCUT2D eigenvalue weighted by molar-refractivity contribution is 0.0272. The van der Waals surface area contributed by atoms with E-state index in [9.17, 15) is 0 Å². The topological polar surface area (TPSA) is 9.23 Å². The van der Waals surface area contributed by atoms with Crippen LogP contribution in [0.5, 0.6) is 0 Å². The lowest BCUT2D eigenvalue weighted by Gasteiger charge is -2.29. The van der Waals surface area contributed by atoms with Gasteiger partial charge in [-0.15, -0.1) is 0 Å². The largest absolute Gasteiger partial charge is 0.361 e. The second kappa shape index (κ2) is 7.57. The van der Waals surface area contributed by atoms with Gasteiger partial charge in [0.2, 0.25) is 0 Å². The molecule has 0 radical (unpaired) electrons. The summed E-state index contributed by atoms with van der Waals surface area (Å²) in [6.07, 6.45) is 5.23. The van der Waals surface area contributed by atoms with Crippen LogP contribution in [-0.2, 0) is 4.74 Å². The maximum atomic E-state index is 6.29. The third kappa shape index (κ3) is 3.89. The Hall–Kier alpha value is -0.910. The maximum Gasteiger partial charge on any atom is 0.108 e. The molecule has 0 aliphatic carbocycles. The fourth-order valence-electron chi connectivity index (χ4n) is 2.46. The summed E-state index contributed by atoms with van der Waals surface area (Å²) in [7, 11) is 0. The Morgan fingerprint density at radius 3 is 2.32 bits per heavy atom. The molecule has 1 heterocycles. The summed E-state index contributed by atoms with van der Waals surface area (Å²) in [5.74, 6) is 0. The number of halogens is 2. The standard InChI is InChI=1S/C19H16BrIO/c20-16-13-18(15-9-5-2-6-10-15)22-17(19(16)21)12-11-14-7-3-1-4-8-14/h1-12,17-18H,13H2/b12-11+. The van der Waals surface area contributed by atoms with E-state index in [1.807, 2.05) is 24.3 Å². The molecule has 0 N–H and O–H groups in total. The van der Waals surface area contributed by atoms with Crippen molar-refractivity contribution in [3.8, 4) is 0 Å². The van der Waals surface area contributed by atoms with E-state index in [0.717, 1.165) is 6.42 Å². The lowest BCUT2D eigenvalue weighted by atomic mass is 10.0. The molecule has 0 saturated heterocycles. The molecule has 0 spiro atoms. The molecule has 0 bridgehead atoms. The smallest absolute Gasteiger partial charge is 0.108 e. The van der Waals surface area contributed by atoms with Crippen LogP contribution in [0.25, 0.3) is 6.08 Å². The molecule has 2 aromatic carbocycles. The van der Waals surface area contributed by atoms with Gasteiger partial charge in [0.25, 0.3) is 0 Å². The van der Waals surface area contributed by atoms with Crippen LogP contribution in [0.2, 0.25) is 0 Å². The summed E-state index contributed by atoms with van der Waals surface area (Å²) in [5.41, 5.74) is 2.41. The highest BCUT2D eigenvalue weighted by atomic mass is 127. The summed E-state index contributed by atoms with van der Waals surface area (Å²) in [6.45, 7) is 0. The van der Waals surface area contributed by atoms with E-state index in [0.29, 0.717) is 0 Å². The van der Waals surface area contributed by atoms with Gasteiger partial charge in [0.15, 0.2) is 0 Å². The average Bonchev–Trinajstić information content (AvgIpc) is 2.58. The average molecular weight is 467 g/mol. The van der Waals surface area contributed by atoms with E-state index < -0.39 is 0 Å². The zero-order valence-electron chi connectivity index (χ0n) is 12.0. The highest BCUT2D eigenvalue weighted by Crippen LogP contribution is 2.40. The first-order chi connectivity index (χ1) is 10.7.